The van der Waals surface area contributed by atoms with Crippen LogP contribution in [0.25, 0.3) is 0 Å². The lowest BCUT2D eigenvalue weighted by Gasteiger charge is -2.21. The van der Waals surface area contributed by atoms with E-state index < -0.39 is 18.2 Å². The van der Waals surface area contributed by atoms with Gasteiger partial charge in [0.05, 0.1) is 31.3 Å². The Balaban J connectivity index is 3.72. The van der Waals surface area contributed by atoms with Crippen LogP contribution in [0.15, 0.2) is 24.3 Å². The van der Waals surface area contributed by atoms with Crippen LogP contribution in [0.4, 0.5) is 0 Å². The van der Waals surface area contributed by atoms with Crippen molar-refractivity contribution in [1.82, 2.24) is 5.32 Å². The molecule has 3 unspecified atom stereocenters. The van der Waals surface area contributed by atoms with Crippen molar-refractivity contribution < 1.29 is 20.1 Å². The van der Waals surface area contributed by atoms with Gasteiger partial charge in [-0.05, 0) is 44.9 Å². The van der Waals surface area contributed by atoms with Crippen LogP contribution in [-0.4, -0.2) is 46.1 Å². The zero-order valence-corrected chi connectivity index (χ0v) is 30.0. The molecule has 0 aromatic carbocycles. The number of allylic oxidation sites excluding steroid dienone is 3. The second-order valence-electron chi connectivity index (χ2n) is 13.5. The van der Waals surface area contributed by atoms with Crippen LogP contribution in [0.1, 0.15) is 200 Å². The number of aliphatic hydroxyl groups is 3. The Hall–Kier alpha value is -1.17. The van der Waals surface area contributed by atoms with E-state index in [1.807, 2.05) is 6.08 Å². The fourth-order valence-corrected chi connectivity index (χ4v) is 5.92. The smallest absolute Gasteiger partial charge is 0.222 e. The molecule has 0 aliphatic heterocycles. The highest BCUT2D eigenvalue weighted by Crippen LogP contribution is 2.15. The summed E-state index contributed by atoms with van der Waals surface area (Å²) in [6, 6.07) is -0.743. The summed E-state index contributed by atoms with van der Waals surface area (Å²) in [5, 5.41) is 33.1. The highest BCUT2D eigenvalue weighted by atomic mass is 16.3. The summed E-state index contributed by atoms with van der Waals surface area (Å²) in [6.45, 7) is 4.19. The first-order chi connectivity index (χ1) is 22.0. The molecule has 0 saturated heterocycles. The van der Waals surface area contributed by atoms with Crippen molar-refractivity contribution >= 4 is 5.91 Å². The van der Waals surface area contributed by atoms with E-state index in [2.05, 4.69) is 31.3 Å². The maximum atomic E-state index is 12.4. The fraction of sp³-hybridized carbons (Fsp3) is 0.875. The molecular weight excluding hydrogens is 558 g/mol. The Bertz CT molecular complexity index is 665. The zero-order chi connectivity index (χ0) is 33.1. The van der Waals surface area contributed by atoms with Gasteiger partial charge in [-0.15, -0.1) is 0 Å². The lowest BCUT2D eigenvalue weighted by molar-refractivity contribution is -0.124. The number of unbranched alkanes of at least 4 members (excludes halogenated alkanes) is 24. The minimum atomic E-state index is -0.927. The van der Waals surface area contributed by atoms with Gasteiger partial charge in [-0.1, -0.05) is 173 Å². The van der Waals surface area contributed by atoms with E-state index in [1.54, 1.807) is 6.08 Å². The monoisotopic (exact) mass is 636 g/mol. The van der Waals surface area contributed by atoms with Crippen LogP contribution in [0.5, 0.6) is 0 Å². The molecule has 0 aromatic rings. The Morgan fingerprint density at radius 1 is 0.556 bits per heavy atom. The standard InChI is InChI=1S/C40H77NO4/c1-3-5-7-9-11-13-15-17-18-19-20-22-24-26-28-30-32-34-39(44)38(36-42)41-40(45)35-37(43)33-31-29-27-25-23-21-16-14-12-10-8-6-4-2/h14,16,32,34,37-39,42-44H,3-13,15,17-31,33,35-36H2,1-2H3,(H,41,45)/b16-14-,34-32+. The first-order valence-corrected chi connectivity index (χ1v) is 19.6. The molecule has 5 nitrogen and oxygen atoms in total. The van der Waals surface area contributed by atoms with Crippen LogP contribution in [0.3, 0.4) is 0 Å². The van der Waals surface area contributed by atoms with Crippen LogP contribution >= 0.6 is 0 Å². The summed E-state index contributed by atoms with van der Waals surface area (Å²) in [7, 11) is 0. The van der Waals surface area contributed by atoms with Crippen LogP contribution in [0, 0.1) is 0 Å². The minimum Gasteiger partial charge on any atom is -0.394 e. The molecule has 0 spiro atoms. The van der Waals surface area contributed by atoms with E-state index in [9.17, 15) is 20.1 Å². The van der Waals surface area contributed by atoms with Gasteiger partial charge >= 0.3 is 0 Å². The molecule has 0 aromatic heterocycles. The second kappa shape index (κ2) is 35.7. The summed E-state index contributed by atoms with van der Waals surface area (Å²) in [5.41, 5.74) is 0. The SMILES string of the molecule is CCCCCC/C=C\CCCCCCCC(O)CC(=O)NC(CO)C(O)/C=C/CCCCCCCCCCCCCCCCC. The lowest BCUT2D eigenvalue weighted by Crippen LogP contribution is -2.45. The third-order valence-electron chi connectivity index (χ3n) is 8.98. The molecule has 5 heteroatoms. The first-order valence-electron chi connectivity index (χ1n) is 19.6. The molecule has 0 bridgehead atoms. The van der Waals surface area contributed by atoms with Gasteiger partial charge in [0.1, 0.15) is 0 Å². The average molecular weight is 636 g/mol. The zero-order valence-electron chi connectivity index (χ0n) is 30.0. The molecule has 45 heavy (non-hydrogen) atoms. The number of nitrogens with one attached hydrogen (secondary N) is 1. The molecule has 3 atom stereocenters. The Kier molecular flexibility index (Phi) is 34.8. The number of carbonyl (C=O) groups excluding carboxylic acids is 1. The second-order valence-corrected chi connectivity index (χ2v) is 13.5. The molecule has 0 rings (SSSR count). The fourth-order valence-electron chi connectivity index (χ4n) is 5.92. The minimum absolute atomic E-state index is 0.00904. The molecule has 0 fully saturated rings. The normalized spacial score (nSPS) is 14.0. The number of hydrogen-bond donors (Lipinski definition) is 4. The first kappa shape index (κ1) is 43.8. The van der Waals surface area contributed by atoms with Gasteiger partial charge in [-0.25, -0.2) is 0 Å². The third-order valence-corrected chi connectivity index (χ3v) is 8.98. The Labute approximate surface area is 280 Å². The van der Waals surface area contributed by atoms with Gasteiger partial charge in [0, 0.05) is 0 Å². The molecular formula is C40H77NO4. The van der Waals surface area contributed by atoms with Gasteiger partial charge in [-0.3, -0.25) is 4.79 Å². The predicted molar refractivity (Wildman–Crippen MR) is 195 cm³/mol. The third kappa shape index (κ3) is 32.6. The van der Waals surface area contributed by atoms with Gasteiger partial charge in [0.25, 0.3) is 0 Å². The van der Waals surface area contributed by atoms with Gasteiger partial charge in [0.2, 0.25) is 5.91 Å². The van der Waals surface area contributed by atoms with E-state index in [0.29, 0.717) is 6.42 Å². The number of hydrogen-bond acceptors (Lipinski definition) is 4. The summed E-state index contributed by atoms with van der Waals surface area (Å²) in [5.74, 6) is -0.321. The van der Waals surface area contributed by atoms with E-state index in [1.165, 1.54) is 135 Å². The van der Waals surface area contributed by atoms with Crippen molar-refractivity contribution in [3.8, 4) is 0 Å². The van der Waals surface area contributed by atoms with Crippen molar-refractivity contribution in [2.75, 3.05) is 6.61 Å². The number of aliphatic hydroxyl groups excluding tert-OH is 3. The maximum Gasteiger partial charge on any atom is 0.222 e. The molecule has 1 amide bonds. The van der Waals surface area contributed by atoms with Crippen LogP contribution in [0.2, 0.25) is 0 Å². The Morgan fingerprint density at radius 2 is 0.933 bits per heavy atom. The number of rotatable bonds is 35. The Morgan fingerprint density at radius 3 is 1.38 bits per heavy atom. The van der Waals surface area contributed by atoms with E-state index in [4.69, 9.17) is 0 Å². The molecule has 0 aliphatic carbocycles. The predicted octanol–water partition coefficient (Wildman–Crippen LogP) is 10.7. The van der Waals surface area contributed by atoms with Crippen LogP contribution in [-0.2, 0) is 4.79 Å². The van der Waals surface area contributed by atoms with E-state index in [-0.39, 0.29) is 18.9 Å². The van der Waals surface area contributed by atoms with Crippen LogP contribution < -0.4 is 5.32 Å². The van der Waals surface area contributed by atoms with Crippen molar-refractivity contribution in [1.29, 1.82) is 0 Å². The average Bonchev–Trinajstić information content (AvgIpc) is 3.03. The maximum absolute atomic E-state index is 12.4. The summed E-state index contributed by atoms with van der Waals surface area (Å²) < 4.78 is 0. The van der Waals surface area contributed by atoms with E-state index >= 15 is 0 Å². The molecule has 0 aliphatic rings. The summed E-state index contributed by atoms with van der Waals surface area (Å²) in [4.78, 5) is 12.4. The highest BCUT2D eigenvalue weighted by molar-refractivity contribution is 5.76. The van der Waals surface area contributed by atoms with Crippen molar-refractivity contribution in [2.45, 2.75) is 218 Å². The molecule has 0 radical (unpaired) electrons. The van der Waals surface area contributed by atoms with Crippen molar-refractivity contribution in [3.63, 3.8) is 0 Å². The largest absolute Gasteiger partial charge is 0.394 e. The number of amides is 1. The molecule has 266 valence electrons. The van der Waals surface area contributed by atoms with Gasteiger partial charge in [-0.2, -0.15) is 0 Å². The molecule has 4 N–H and O–H groups in total. The lowest BCUT2D eigenvalue weighted by atomic mass is 10.0. The number of carbonyl (C=O) groups is 1. The summed E-state index contributed by atoms with van der Waals surface area (Å²) >= 11 is 0. The highest BCUT2D eigenvalue weighted by Gasteiger charge is 2.20. The van der Waals surface area contributed by atoms with Crippen molar-refractivity contribution in [2.24, 2.45) is 0 Å². The topological polar surface area (TPSA) is 89.8 Å². The van der Waals surface area contributed by atoms with E-state index in [0.717, 1.165) is 38.5 Å². The van der Waals surface area contributed by atoms with Gasteiger partial charge < -0.3 is 20.6 Å². The quantitative estimate of drug-likeness (QED) is 0.0412. The molecule has 0 saturated carbocycles. The molecule has 0 heterocycles. The van der Waals surface area contributed by atoms with Gasteiger partial charge in [0.15, 0.2) is 0 Å². The van der Waals surface area contributed by atoms with Crippen molar-refractivity contribution in [3.05, 3.63) is 24.3 Å². The summed E-state index contributed by atoms with van der Waals surface area (Å²) in [6.07, 6.45) is 41.6.